The molecule has 248 valence electrons. The molecule has 0 spiro atoms. The highest BCUT2D eigenvalue weighted by molar-refractivity contribution is 7.87. The molecule has 0 heterocycles. The summed E-state index contributed by atoms with van der Waals surface area (Å²) in [5, 5.41) is 0. The molecular weight excluding hydrogens is 621 g/mol. The molecule has 2 fully saturated rings. The van der Waals surface area contributed by atoms with Crippen LogP contribution in [-0.4, -0.2) is 20.0 Å². The zero-order valence-corrected chi connectivity index (χ0v) is 27.6. The molecule has 6 atom stereocenters. The van der Waals surface area contributed by atoms with Gasteiger partial charge in [-0.05, 0) is 90.9 Å². The normalized spacial score (nSPS) is 30.7. The van der Waals surface area contributed by atoms with E-state index in [1.807, 2.05) is 25.1 Å². The van der Waals surface area contributed by atoms with Crippen LogP contribution in [0.5, 0.6) is 0 Å². The molecule has 4 unspecified atom stereocenters. The van der Waals surface area contributed by atoms with Crippen molar-refractivity contribution in [2.45, 2.75) is 76.0 Å². The smallest absolute Gasteiger partial charge is 0.380 e. The second kappa shape index (κ2) is 11.7. The van der Waals surface area contributed by atoms with E-state index in [0.29, 0.717) is 18.8 Å². The van der Waals surface area contributed by atoms with Gasteiger partial charge in [0.05, 0.1) is 6.10 Å². The molecule has 8 heteroatoms. The Morgan fingerprint density at radius 3 is 1.77 bits per heavy atom. The van der Waals surface area contributed by atoms with Gasteiger partial charge in [-0.1, -0.05) is 116 Å². The van der Waals surface area contributed by atoms with Crippen LogP contribution in [0.1, 0.15) is 75.5 Å². The van der Waals surface area contributed by atoms with Gasteiger partial charge in [0.2, 0.25) is 0 Å². The van der Waals surface area contributed by atoms with Gasteiger partial charge in [0, 0.05) is 5.41 Å². The fourth-order valence-corrected chi connectivity index (χ4v) is 10.1. The predicted molar refractivity (Wildman–Crippen MR) is 175 cm³/mol. The highest BCUT2D eigenvalue weighted by atomic mass is 32.2. The van der Waals surface area contributed by atoms with Crippen LogP contribution in [0.15, 0.2) is 114 Å². The molecular formula is C39H41F3O4S. The summed E-state index contributed by atoms with van der Waals surface area (Å²) in [6.07, 6.45) is 9.32. The molecule has 47 heavy (non-hydrogen) atoms. The lowest BCUT2D eigenvalue weighted by Gasteiger charge is -2.57. The summed E-state index contributed by atoms with van der Waals surface area (Å²) in [6.45, 7) is 4.25. The minimum atomic E-state index is -5.71. The topological polar surface area (TPSA) is 52.6 Å². The first-order valence-electron chi connectivity index (χ1n) is 16.6. The Labute approximate surface area is 275 Å². The number of ether oxygens (including phenoxy) is 1. The fraction of sp³-hybridized carbons (Fsp3) is 0.436. The second-order valence-corrected chi connectivity index (χ2v) is 15.8. The van der Waals surface area contributed by atoms with E-state index in [4.69, 9.17) is 8.92 Å². The van der Waals surface area contributed by atoms with Crippen molar-refractivity contribution < 1.29 is 30.5 Å². The molecule has 3 aromatic carbocycles. The van der Waals surface area contributed by atoms with E-state index in [9.17, 15) is 21.6 Å². The zero-order chi connectivity index (χ0) is 33.1. The van der Waals surface area contributed by atoms with Crippen molar-refractivity contribution in [2.24, 2.45) is 28.6 Å². The van der Waals surface area contributed by atoms with Gasteiger partial charge in [-0.3, -0.25) is 0 Å². The van der Waals surface area contributed by atoms with Gasteiger partial charge in [0.1, 0.15) is 11.4 Å². The standard InChI is InChI=1S/C39H41F3O4S/c1-36-24-22-31(45-38(27-12-6-3-7-13-27,28-14-8-4-9-15-28)29-16-10-5-11-17-29)26-30(36)18-19-32-33-20-21-35(37(33,2)25-23-34(32)36)46-47(43,44)39(40,41)42/h3-18,21,31-34H,19-20,22-26H2,1-2H3/t31?,32?,33?,34?,36-,37-/m0/s1. The van der Waals surface area contributed by atoms with Crippen LogP contribution in [0.2, 0.25) is 0 Å². The van der Waals surface area contributed by atoms with Gasteiger partial charge in [0.25, 0.3) is 0 Å². The number of rotatable bonds is 7. The van der Waals surface area contributed by atoms with E-state index >= 15 is 0 Å². The van der Waals surface area contributed by atoms with Gasteiger partial charge in [0.15, 0.2) is 0 Å². The monoisotopic (exact) mass is 662 g/mol. The number of halogens is 3. The maximum Gasteiger partial charge on any atom is 0.534 e. The Hall–Kier alpha value is -3.36. The lowest BCUT2D eigenvalue weighted by atomic mass is 9.48. The summed E-state index contributed by atoms with van der Waals surface area (Å²) in [4.78, 5) is 0. The van der Waals surface area contributed by atoms with Crippen LogP contribution in [0, 0.1) is 28.6 Å². The molecule has 4 aliphatic carbocycles. The first-order valence-corrected chi connectivity index (χ1v) is 18.0. The molecule has 4 aliphatic rings. The molecule has 2 saturated carbocycles. The van der Waals surface area contributed by atoms with E-state index in [1.54, 1.807) is 6.08 Å². The third-order valence-corrected chi connectivity index (χ3v) is 12.9. The first kappa shape index (κ1) is 32.2. The second-order valence-electron chi connectivity index (χ2n) is 14.3. The van der Waals surface area contributed by atoms with Crippen LogP contribution in [-0.2, 0) is 24.6 Å². The molecule has 3 aromatic rings. The van der Waals surface area contributed by atoms with E-state index in [2.05, 4.69) is 85.8 Å². The minimum Gasteiger partial charge on any atom is -0.380 e. The summed E-state index contributed by atoms with van der Waals surface area (Å²) in [5.41, 5.74) is -2.39. The minimum absolute atomic E-state index is 0.0268. The van der Waals surface area contributed by atoms with E-state index < -0.39 is 26.6 Å². The summed E-state index contributed by atoms with van der Waals surface area (Å²) >= 11 is 0. The third-order valence-electron chi connectivity index (χ3n) is 11.9. The maximum absolute atomic E-state index is 13.2. The van der Waals surface area contributed by atoms with Gasteiger partial charge >= 0.3 is 15.6 Å². The van der Waals surface area contributed by atoms with E-state index in [-0.39, 0.29) is 29.1 Å². The van der Waals surface area contributed by atoms with Crippen molar-refractivity contribution in [3.05, 3.63) is 131 Å². The SMILES string of the molecule is C[C@]12CCC(OC(c3ccccc3)(c3ccccc3)c3ccccc3)CC1=CCC1C2CC[C@]2(C)C(OS(=O)(=O)C(F)(F)F)=CCC12. The number of benzene rings is 3. The molecule has 4 nitrogen and oxygen atoms in total. The van der Waals surface area contributed by atoms with Crippen molar-refractivity contribution in [3.8, 4) is 0 Å². The van der Waals surface area contributed by atoms with Gasteiger partial charge in [-0.2, -0.15) is 21.6 Å². The third kappa shape index (κ3) is 5.27. The summed E-state index contributed by atoms with van der Waals surface area (Å²) < 4.78 is 75.7. The van der Waals surface area contributed by atoms with Crippen LogP contribution in [0.3, 0.4) is 0 Å². The van der Waals surface area contributed by atoms with Gasteiger partial charge in [-0.25, -0.2) is 0 Å². The van der Waals surface area contributed by atoms with Crippen molar-refractivity contribution >= 4 is 10.1 Å². The van der Waals surface area contributed by atoms with Crippen LogP contribution in [0.25, 0.3) is 0 Å². The molecule has 0 N–H and O–H groups in total. The van der Waals surface area contributed by atoms with Crippen LogP contribution >= 0.6 is 0 Å². The van der Waals surface area contributed by atoms with Crippen molar-refractivity contribution in [3.63, 3.8) is 0 Å². The number of allylic oxidation sites excluding steroid dienone is 3. The predicted octanol–water partition coefficient (Wildman–Crippen LogP) is 9.69. The fourth-order valence-electron chi connectivity index (χ4n) is 9.52. The van der Waals surface area contributed by atoms with Crippen LogP contribution < -0.4 is 0 Å². The van der Waals surface area contributed by atoms with Crippen LogP contribution in [0.4, 0.5) is 13.2 Å². The summed E-state index contributed by atoms with van der Waals surface area (Å²) in [5.74, 6) is 0.596. The molecule has 0 bridgehead atoms. The van der Waals surface area contributed by atoms with Crippen molar-refractivity contribution in [1.82, 2.24) is 0 Å². The lowest BCUT2D eigenvalue weighted by molar-refractivity contribution is -0.0851. The maximum atomic E-state index is 13.2. The Kier molecular flexibility index (Phi) is 7.99. The average Bonchev–Trinajstić information content (AvgIpc) is 3.39. The zero-order valence-electron chi connectivity index (χ0n) is 26.7. The number of hydrogen-bond acceptors (Lipinski definition) is 4. The summed E-state index contributed by atoms with van der Waals surface area (Å²) in [7, 11) is -5.71. The Morgan fingerprint density at radius 2 is 1.23 bits per heavy atom. The highest BCUT2D eigenvalue weighted by Gasteiger charge is 2.60. The Bertz CT molecular complexity index is 1670. The molecule has 0 aromatic heterocycles. The Balaban J connectivity index is 1.17. The largest absolute Gasteiger partial charge is 0.534 e. The Morgan fingerprint density at radius 1 is 0.702 bits per heavy atom. The van der Waals surface area contributed by atoms with Gasteiger partial charge < -0.3 is 8.92 Å². The number of alkyl halides is 3. The lowest BCUT2D eigenvalue weighted by Crippen LogP contribution is -2.51. The average molecular weight is 663 g/mol. The quantitative estimate of drug-likeness (QED) is 0.109. The van der Waals surface area contributed by atoms with Crippen molar-refractivity contribution in [1.29, 1.82) is 0 Å². The molecule has 0 saturated heterocycles. The first-order chi connectivity index (χ1) is 22.4. The molecule has 0 aliphatic heterocycles. The van der Waals surface area contributed by atoms with E-state index in [0.717, 1.165) is 48.8 Å². The molecule has 7 rings (SSSR count). The molecule has 0 amide bonds. The van der Waals surface area contributed by atoms with Crippen molar-refractivity contribution in [2.75, 3.05) is 0 Å². The van der Waals surface area contributed by atoms with E-state index in [1.165, 1.54) is 5.57 Å². The molecule has 0 radical (unpaired) electrons. The highest BCUT2D eigenvalue weighted by Crippen LogP contribution is 2.65. The number of fused-ring (bicyclic) bond motifs is 5. The number of hydrogen-bond donors (Lipinski definition) is 0. The van der Waals surface area contributed by atoms with Gasteiger partial charge in [-0.15, -0.1) is 0 Å². The summed E-state index contributed by atoms with van der Waals surface area (Å²) in [6, 6.07) is 31.3.